The molecule has 0 atom stereocenters. The summed E-state index contributed by atoms with van der Waals surface area (Å²) in [5.74, 6) is -1.28. The summed E-state index contributed by atoms with van der Waals surface area (Å²) < 4.78 is 26.6. The van der Waals surface area contributed by atoms with Crippen molar-refractivity contribution in [3.05, 3.63) is 28.2 Å². The van der Waals surface area contributed by atoms with Crippen molar-refractivity contribution in [2.24, 2.45) is 0 Å². The zero-order valence-corrected chi connectivity index (χ0v) is 13.5. The van der Waals surface area contributed by atoms with Crippen LogP contribution in [0.1, 0.15) is 6.42 Å². The van der Waals surface area contributed by atoms with Gasteiger partial charge in [-0.05, 0) is 18.6 Å². The molecule has 1 aliphatic heterocycles. The second kappa shape index (κ2) is 5.43. The van der Waals surface area contributed by atoms with E-state index < -0.39 is 22.3 Å². The molecule has 2 heterocycles. The number of furan rings is 1. The number of rotatable bonds is 2. The molecule has 22 heavy (non-hydrogen) atoms. The van der Waals surface area contributed by atoms with Crippen molar-refractivity contribution in [1.82, 2.24) is 0 Å². The molecule has 0 bridgehead atoms. The van der Waals surface area contributed by atoms with E-state index in [0.717, 1.165) is 4.31 Å². The molecule has 0 unspecified atom stereocenters. The molecule has 0 aliphatic carbocycles. The average molecular weight is 366 g/mol. The highest BCUT2D eigenvalue weighted by Crippen LogP contribution is 2.58. The third-order valence-electron chi connectivity index (χ3n) is 3.39. The van der Waals surface area contributed by atoms with E-state index in [1.807, 2.05) is 0 Å². The standard InChI is InChI=1S/C13H13Cl2NO5S/c14-7-3-1-4-8(15)9(7)12-10(17)11(18)13(21-12)16-5-2-6-22(16,19)20/h1,3-4,17-20H,2,5-6H2. The lowest BCUT2D eigenvalue weighted by atomic mass is 10.1. The van der Waals surface area contributed by atoms with Crippen LogP contribution in [0.2, 0.25) is 10.0 Å². The molecule has 1 aliphatic rings. The first-order chi connectivity index (χ1) is 10.3. The molecule has 9 heteroatoms. The monoisotopic (exact) mass is 365 g/mol. The number of anilines is 1. The van der Waals surface area contributed by atoms with E-state index >= 15 is 0 Å². The number of halogens is 2. The molecule has 3 rings (SSSR count). The molecule has 1 aromatic heterocycles. The second-order valence-corrected chi connectivity index (χ2v) is 7.75. The fourth-order valence-corrected chi connectivity index (χ4v) is 4.46. The highest BCUT2D eigenvalue weighted by molar-refractivity contribution is 8.25. The molecule has 1 saturated heterocycles. The summed E-state index contributed by atoms with van der Waals surface area (Å²) in [7, 11) is -3.07. The maximum Gasteiger partial charge on any atom is 0.261 e. The van der Waals surface area contributed by atoms with Crippen molar-refractivity contribution in [1.29, 1.82) is 0 Å². The Balaban J connectivity index is 2.15. The van der Waals surface area contributed by atoms with Gasteiger partial charge in [0.1, 0.15) is 0 Å². The van der Waals surface area contributed by atoms with E-state index in [4.69, 9.17) is 27.6 Å². The minimum absolute atomic E-state index is 0.120. The van der Waals surface area contributed by atoms with Gasteiger partial charge in [0.25, 0.3) is 5.88 Å². The van der Waals surface area contributed by atoms with Crippen molar-refractivity contribution in [2.45, 2.75) is 6.42 Å². The van der Waals surface area contributed by atoms with Crippen molar-refractivity contribution in [2.75, 3.05) is 16.6 Å². The molecule has 2 aromatic rings. The SMILES string of the molecule is Oc1c(-c2c(Cl)cccc2Cl)oc(N2CCCS2(O)O)c1O. The van der Waals surface area contributed by atoms with Gasteiger partial charge in [-0.3, -0.25) is 9.11 Å². The lowest BCUT2D eigenvalue weighted by Gasteiger charge is -2.35. The van der Waals surface area contributed by atoms with E-state index in [9.17, 15) is 19.3 Å². The smallest absolute Gasteiger partial charge is 0.261 e. The summed E-state index contributed by atoms with van der Waals surface area (Å²) in [6.07, 6.45) is 0.533. The van der Waals surface area contributed by atoms with Gasteiger partial charge in [0.05, 0.1) is 21.4 Å². The molecular weight excluding hydrogens is 353 g/mol. The van der Waals surface area contributed by atoms with Crippen molar-refractivity contribution < 1.29 is 23.7 Å². The Hall–Kier alpha value is -1.25. The highest BCUT2D eigenvalue weighted by Gasteiger charge is 2.36. The van der Waals surface area contributed by atoms with Gasteiger partial charge in [0.2, 0.25) is 11.5 Å². The third-order valence-corrected chi connectivity index (χ3v) is 5.91. The number of aromatic hydroxyl groups is 2. The van der Waals surface area contributed by atoms with Gasteiger partial charge in [-0.2, -0.15) is 0 Å². The summed E-state index contributed by atoms with van der Waals surface area (Å²) >= 11 is 12.1. The predicted octanol–water partition coefficient (Wildman–Crippen LogP) is 4.54. The summed E-state index contributed by atoms with van der Waals surface area (Å²) in [6, 6.07) is 4.75. The van der Waals surface area contributed by atoms with Crippen LogP contribution in [-0.2, 0) is 0 Å². The molecule has 0 spiro atoms. The van der Waals surface area contributed by atoms with Crippen LogP contribution < -0.4 is 4.31 Å². The van der Waals surface area contributed by atoms with Gasteiger partial charge in [0, 0.05) is 6.54 Å². The van der Waals surface area contributed by atoms with E-state index in [-0.39, 0.29) is 33.0 Å². The quantitative estimate of drug-likeness (QED) is 0.623. The topological polar surface area (TPSA) is 97.3 Å². The number of benzene rings is 1. The Labute approximate surface area is 138 Å². The van der Waals surface area contributed by atoms with Crippen LogP contribution in [0.25, 0.3) is 11.3 Å². The lowest BCUT2D eigenvalue weighted by molar-refractivity contribution is 0.409. The number of nitrogens with zero attached hydrogens (tertiary/aromatic N) is 1. The van der Waals surface area contributed by atoms with Crippen LogP contribution in [0.3, 0.4) is 0 Å². The molecule has 1 fully saturated rings. The van der Waals surface area contributed by atoms with Crippen molar-refractivity contribution >= 4 is 39.9 Å². The van der Waals surface area contributed by atoms with Crippen LogP contribution in [0.15, 0.2) is 22.6 Å². The maximum atomic E-state index is 10.1. The van der Waals surface area contributed by atoms with Gasteiger partial charge >= 0.3 is 0 Å². The summed E-state index contributed by atoms with van der Waals surface area (Å²) in [6.45, 7) is 0.290. The Morgan fingerprint density at radius 1 is 1.09 bits per heavy atom. The van der Waals surface area contributed by atoms with Gasteiger partial charge in [-0.1, -0.05) is 29.3 Å². The van der Waals surface area contributed by atoms with E-state index in [0.29, 0.717) is 13.0 Å². The van der Waals surface area contributed by atoms with Crippen LogP contribution in [0, 0.1) is 0 Å². The van der Waals surface area contributed by atoms with Crippen LogP contribution in [0.4, 0.5) is 5.88 Å². The molecule has 0 saturated carbocycles. The molecule has 6 nitrogen and oxygen atoms in total. The lowest BCUT2D eigenvalue weighted by Crippen LogP contribution is -2.21. The van der Waals surface area contributed by atoms with Gasteiger partial charge in [-0.15, -0.1) is 10.8 Å². The maximum absolute atomic E-state index is 10.1. The molecule has 120 valence electrons. The largest absolute Gasteiger partial charge is 0.502 e. The Kier molecular flexibility index (Phi) is 3.86. The first-order valence-electron chi connectivity index (χ1n) is 6.35. The fraction of sp³-hybridized carbons (Fsp3) is 0.231. The van der Waals surface area contributed by atoms with Crippen molar-refractivity contribution in [3.8, 4) is 22.8 Å². The fourth-order valence-electron chi connectivity index (χ4n) is 2.35. The Morgan fingerprint density at radius 2 is 1.73 bits per heavy atom. The van der Waals surface area contributed by atoms with Crippen LogP contribution >= 0.6 is 34.0 Å². The van der Waals surface area contributed by atoms with E-state index in [1.54, 1.807) is 18.2 Å². The minimum Gasteiger partial charge on any atom is -0.502 e. The van der Waals surface area contributed by atoms with Crippen molar-refractivity contribution in [3.63, 3.8) is 0 Å². The summed E-state index contributed by atoms with van der Waals surface area (Å²) in [4.78, 5) is 0. The summed E-state index contributed by atoms with van der Waals surface area (Å²) in [5, 5.41) is 20.6. The molecular formula is C13H13Cl2NO5S. The van der Waals surface area contributed by atoms with Crippen LogP contribution in [0.5, 0.6) is 11.5 Å². The zero-order chi connectivity index (χ0) is 16.1. The van der Waals surface area contributed by atoms with Gasteiger partial charge < -0.3 is 14.6 Å². The second-order valence-electron chi connectivity index (χ2n) is 4.82. The first kappa shape index (κ1) is 15.6. The third kappa shape index (κ3) is 2.39. The van der Waals surface area contributed by atoms with E-state index in [2.05, 4.69) is 0 Å². The molecule has 1 aromatic carbocycles. The minimum atomic E-state index is -3.07. The number of hydrogen-bond donors (Lipinski definition) is 4. The normalized spacial score (nSPS) is 18.6. The Bertz CT molecular complexity index is 713. The molecule has 0 radical (unpaired) electrons. The highest BCUT2D eigenvalue weighted by atomic mass is 35.5. The zero-order valence-electron chi connectivity index (χ0n) is 11.2. The van der Waals surface area contributed by atoms with Crippen LogP contribution in [-0.4, -0.2) is 31.6 Å². The molecule has 0 amide bonds. The number of hydrogen-bond acceptors (Lipinski definition) is 6. The average Bonchev–Trinajstić information content (AvgIpc) is 2.92. The predicted molar refractivity (Wildman–Crippen MR) is 87.2 cm³/mol. The summed E-state index contributed by atoms with van der Waals surface area (Å²) in [5.41, 5.74) is 0.223. The molecule has 4 N–H and O–H groups in total. The van der Waals surface area contributed by atoms with E-state index in [1.165, 1.54) is 0 Å². The van der Waals surface area contributed by atoms with Gasteiger partial charge in [0.15, 0.2) is 5.76 Å². The Morgan fingerprint density at radius 3 is 2.27 bits per heavy atom. The first-order valence-corrected chi connectivity index (χ1v) is 8.78. The van der Waals surface area contributed by atoms with Gasteiger partial charge in [-0.25, -0.2) is 4.31 Å².